The Hall–Kier alpha value is -0.570. The second-order valence-corrected chi connectivity index (χ2v) is 6.01. The number of carbonyl (C=O) groups is 1. The molecule has 0 aliphatic carbocycles. The molecule has 2 atom stereocenters. The number of hydrogen-bond acceptors (Lipinski definition) is 2. The number of carbonyl (C=O) groups excluding carboxylic acids is 1. The van der Waals surface area contributed by atoms with Crippen LogP contribution in [0.3, 0.4) is 0 Å². The summed E-state index contributed by atoms with van der Waals surface area (Å²) in [7, 11) is 0. The first kappa shape index (κ1) is 16.5. The lowest BCUT2D eigenvalue weighted by molar-refractivity contribution is -0.125. The Balaban J connectivity index is 1.89. The van der Waals surface area contributed by atoms with E-state index in [1.54, 1.807) is 0 Å². The predicted octanol–water partition coefficient (Wildman–Crippen LogP) is 3.10. The van der Waals surface area contributed by atoms with Crippen LogP contribution in [0.2, 0.25) is 0 Å². The zero-order chi connectivity index (χ0) is 13.9. The van der Waals surface area contributed by atoms with Crippen LogP contribution in [0.15, 0.2) is 0 Å². The molecule has 1 fully saturated rings. The zero-order valence-electron chi connectivity index (χ0n) is 12.8. The minimum atomic E-state index is 0.189. The van der Waals surface area contributed by atoms with Crippen LogP contribution in [0.5, 0.6) is 0 Å². The summed E-state index contributed by atoms with van der Waals surface area (Å²) >= 11 is 0. The summed E-state index contributed by atoms with van der Waals surface area (Å²) in [6.45, 7) is 7.10. The maximum Gasteiger partial charge on any atom is 0.224 e. The highest BCUT2D eigenvalue weighted by Gasteiger charge is 2.28. The van der Waals surface area contributed by atoms with E-state index >= 15 is 0 Å². The van der Waals surface area contributed by atoms with Gasteiger partial charge in [-0.3, -0.25) is 4.79 Å². The van der Waals surface area contributed by atoms with Gasteiger partial charge in [0.15, 0.2) is 0 Å². The molecule has 1 heterocycles. The fourth-order valence-corrected chi connectivity index (χ4v) is 2.76. The Morgan fingerprint density at radius 2 is 1.68 bits per heavy atom. The summed E-state index contributed by atoms with van der Waals surface area (Å²) in [5.74, 6) is 0.924. The van der Waals surface area contributed by atoms with Crippen molar-refractivity contribution in [1.29, 1.82) is 0 Å². The van der Waals surface area contributed by atoms with Crippen molar-refractivity contribution < 1.29 is 4.79 Å². The van der Waals surface area contributed by atoms with Crippen molar-refractivity contribution in [3.05, 3.63) is 0 Å². The van der Waals surface area contributed by atoms with Crippen molar-refractivity contribution in [1.82, 2.24) is 10.6 Å². The van der Waals surface area contributed by atoms with Gasteiger partial charge in [-0.1, -0.05) is 58.8 Å². The molecule has 0 unspecified atom stereocenters. The molecule has 0 aromatic heterocycles. The number of rotatable bonds is 10. The second kappa shape index (κ2) is 10.2. The number of unbranched alkanes of at least 4 members (excludes halogenated alkanes) is 7. The van der Waals surface area contributed by atoms with Gasteiger partial charge in [0.05, 0.1) is 5.92 Å². The van der Waals surface area contributed by atoms with Crippen LogP contribution in [0.4, 0.5) is 0 Å². The van der Waals surface area contributed by atoms with Gasteiger partial charge in [-0.25, -0.2) is 0 Å². The average Bonchev–Trinajstić information content (AvgIpc) is 2.83. The maximum absolute atomic E-state index is 11.9. The summed E-state index contributed by atoms with van der Waals surface area (Å²) in [6, 6.07) is 0. The molecular weight excluding hydrogens is 236 g/mol. The predicted molar refractivity (Wildman–Crippen MR) is 81.1 cm³/mol. The van der Waals surface area contributed by atoms with Crippen LogP contribution in [-0.4, -0.2) is 25.5 Å². The SMILES string of the molecule is CCCCCCCCCCNC(=O)[C@@H]1CNC[C@H]1C. The third kappa shape index (κ3) is 6.95. The first-order valence-electron chi connectivity index (χ1n) is 8.24. The lowest BCUT2D eigenvalue weighted by Crippen LogP contribution is -2.34. The van der Waals surface area contributed by atoms with Crippen molar-refractivity contribution in [2.24, 2.45) is 11.8 Å². The zero-order valence-corrected chi connectivity index (χ0v) is 12.8. The van der Waals surface area contributed by atoms with Crippen molar-refractivity contribution >= 4 is 5.91 Å². The van der Waals surface area contributed by atoms with Crippen LogP contribution in [0.1, 0.15) is 65.2 Å². The van der Waals surface area contributed by atoms with Crippen LogP contribution in [-0.2, 0) is 4.79 Å². The Morgan fingerprint density at radius 1 is 1.05 bits per heavy atom. The Morgan fingerprint density at radius 3 is 2.26 bits per heavy atom. The third-order valence-corrected chi connectivity index (χ3v) is 4.18. The molecule has 3 nitrogen and oxygen atoms in total. The Bertz CT molecular complexity index is 243. The standard InChI is InChI=1S/C16H32N2O/c1-3-4-5-6-7-8-9-10-11-18-16(19)15-13-17-12-14(15)2/h14-15,17H,3-13H2,1-2H3,(H,18,19)/t14-,15-/m1/s1. The monoisotopic (exact) mass is 268 g/mol. The summed E-state index contributed by atoms with van der Waals surface area (Å²) in [5.41, 5.74) is 0. The van der Waals surface area contributed by atoms with Crippen molar-refractivity contribution in [3.8, 4) is 0 Å². The number of amides is 1. The van der Waals surface area contributed by atoms with Crippen molar-refractivity contribution in [2.75, 3.05) is 19.6 Å². The topological polar surface area (TPSA) is 41.1 Å². The van der Waals surface area contributed by atoms with Gasteiger partial charge in [-0.2, -0.15) is 0 Å². The quantitative estimate of drug-likeness (QED) is 0.598. The summed E-state index contributed by atoms with van der Waals surface area (Å²) in [4.78, 5) is 11.9. The molecule has 0 bridgehead atoms. The van der Waals surface area contributed by atoms with Gasteiger partial charge in [0.1, 0.15) is 0 Å². The number of hydrogen-bond donors (Lipinski definition) is 2. The molecule has 1 amide bonds. The molecule has 0 radical (unpaired) electrons. The average molecular weight is 268 g/mol. The Kier molecular flexibility index (Phi) is 8.89. The molecule has 2 N–H and O–H groups in total. The molecular formula is C16H32N2O. The van der Waals surface area contributed by atoms with Crippen LogP contribution < -0.4 is 10.6 Å². The van der Waals surface area contributed by atoms with Gasteiger partial charge in [0, 0.05) is 13.1 Å². The summed E-state index contributed by atoms with van der Waals surface area (Å²) in [6.07, 6.45) is 10.5. The molecule has 1 saturated heterocycles. The summed E-state index contributed by atoms with van der Waals surface area (Å²) < 4.78 is 0. The molecule has 1 rings (SSSR count). The van der Waals surface area contributed by atoms with E-state index in [4.69, 9.17) is 0 Å². The first-order valence-corrected chi connectivity index (χ1v) is 8.24. The molecule has 0 aromatic carbocycles. The van der Waals surface area contributed by atoms with E-state index in [-0.39, 0.29) is 11.8 Å². The lowest BCUT2D eigenvalue weighted by Gasteiger charge is -2.14. The molecule has 3 heteroatoms. The van der Waals surface area contributed by atoms with Gasteiger partial charge < -0.3 is 10.6 Å². The second-order valence-electron chi connectivity index (χ2n) is 6.01. The number of nitrogens with one attached hydrogen (secondary N) is 2. The molecule has 1 aliphatic rings. The van der Waals surface area contributed by atoms with Gasteiger partial charge in [-0.05, 0) is 18.9 Å². The van der Waals surface area contributed by atoms with E-state index in [1.807, 2.05) is 0 Å². The van der Waals surface area contributed by atoms with Gasteiger partial charge in [-0.15, -0.1) is 0 Å². The minimum Gasteiger partial charge on any atom is -0.356 e. The van der Waals surface area contributed by atoms with Crippen molar-refractivity contribution in [3.63, 3.8) is 0 Å². The van der Waals surface area contributed by atoms with E-state index in [9.17, 15) is 4.79 Å². The Labute approximate surface area is 118 Å². The van der Waals surface area contributed by atoms with Gasteiger partial charge in [0.25, 0.3) is 0 Å². The third-order valence-electron chi connectivity index (χ3n) is 4.18. The minimum absolute atomic E-state index is 0.189. The molecule has 0 aromatic rings. The smallest absolute Gasteiger partial charge is 0.224 e. The molecule has 0 spiro atoms. The van der Waals surface area contributed by atoms with Crippen molar-refractivity contribution in [2.45, 2.75) is 65.2 Å². The highest BCUT2D eigenvalue weighted by molar-refractivity contribution is 5.79. The van der Waals surface area contributed by atoms with E-state index in [0.29, 0.717) is 5.92 Å². The van der Waals surface area contributed by atoms with Crippen LogP contribution in [0.25, 0.3) is 0 Å². The van der Waals surface area contributed by atoms with Crippen LogP contribution >= 0.6 is 0 Å². The largest absolute Gasteiger partial charge is 0.356 e. The fourth-order valence-electron chi connectivity index (χ4n) is 2.76. The molecule has 1 aliphatic heterocycles. The van der Waals surface area contributed by atoms with Crippen LogP contribution in [0, 0.1) is 11.8 Å². The normalized spacial score (nSPS) is 22.6. The first-order chi connectivity index (χ1) is 9.25. The summed E-state index contributed by atoms with van der Waals surface area (Å²) in [5, 5.41) is 6.36. The van der Waals surface area contributed by atoms with E-state index in [0.717, 1.165) is 26.1 Å². The fraction of sp³-hybridized carbons (Fsp3) is 0.938. The van der Waals surface area contributed by atoms with E-state index in [1.165, 1.54) is 44.9 Å². The highest BCUT2D eigenvalue weighted by Crippen LogP contribution is 2.15. The van der Waals surface area contributed by atoms with E-state index < -0.39 is 0 Å². The maximum atomic E-state index is 11.9. The van der Waals surface area contributed by atoms with E-state index in [2.05, 4.69) is 24.5 Å². The highest BCUT2D eigenvalue weighted by atomic mass is 16.1. The molecule has 19 heavy (non-hydrogen) atoms. The lowest BCUT2D eigenvalue weighted by atomic mass is 9.97. The van der Waals surface area contributed by atoms with Gasteiger partial charge >= 0.3 is 0 Å². The van der Waals surface area contributed by atoms with Gasteiger partial charge in [0.2, 0.25) is 5.91 Å². The molecule has 112 valence electrons. The molecule has 0 saturated carbocycles.